The second-order valence-corrected chi connectivity index (χ2v) is 4.91. The Hall–Kier alpha value is -2.34. The molecule has 3 N–H and O–H groups in total. The van der Waals surface area contributed by atoms with Crippen LogP contribution in [0.2, 0.25) is 0 Å². The van der Waals surface area contributed by atoms with Crippen LogP contribution in [0.25, 0.3) is 0 Å². The highest BCUT2D eigenvalue weighted by atomic mass is 32.1. The number of nitrogens with one attached hydrogen (secondary N) is 3. The zero-order chi connectivity index (χ0) is 14.4. The number of urea groups is 1. The van der Waals surface area contributed by atoms with Crippen LogP contribution in [0.3, 0.4) is 0 Å². The number of thiophene rings is 1. The van der Waals surface area contributed by atoms with Gasteiger partial charge in [0, 0.05) is 6.54 Å². The van der Waals surface area contributed by atoms with Crippen molar-refractivity contribution in [1.82, 2.24) is 5.32 Å². The number of para-hydroxylation sites is 2. The minimum atomic E-state index is -0.301. The lowest BCUT2D eigenvalue weighted by Crippen LogP contribution is -2.28. The molecule has 0 unspecified atom stereocenters. The van der Waals surface area contributed by atoms with Gasteiger partial charge in [-0.15, -0.1) is 11.3 Å². The summed E-state index contributed by atoms with van der Waals surface area (Å²) in [5.41, 5.74) is 1.13. The summed E-state index contributed by atoms with van der Waals surface area (Å²) in [6.07, 6.45) is 0. The second-order valence-electron chi connectivity index (χ2n) is 3.96. The zero-order valence-electron chi connectivity index (χ0n) is 11.0. The van der Waals surface area contributed by atoms with Gasteiger partial charge in [-0.3, -0.25) is 4.79 Å². The maximum absolute atomic E-state index is 12.0. The summed E-state index contributed by atoms with van der Waals surface area (Å²) in [6.45, 7) is 2.37. The van der Waals surface area contributed by atoms with Crippen LogP contribution in [-0.2, 0) is 0 Å². The first-order chi connectivity index (χ1) is 9.70. The Balaban J connectivity index is 2.11. The van der Waals surface area contributed by atoms with E-state index in [2.05, 4.69) is 16.0 Å². The Morgan fingerprint density at radius 1 is 1.05 bits per heavy atom. The molecule has 3 amide bonds. The highest BCUT2D eigenvalue weighted by Gasteiger charge is 2.10. The van der Waals surface area contributed by atoms with E-state index in [0.29, 0.717) is 22.8 Å². The SMILES string of the molecule is CCNC(=O)Nc1ccccc1NC(=O)c1cccs1. The first-order valence-electron chi connectivity index (χ1n) is 6.19. The van der Waals surface area contributed by atoms with Gasteiger partial charge in [0.25, 0.3) is 5.91 Å². The van der Waals surface area contributed by atoms with Crippen molar-refractivity contribution < 1.29 is 9.59 Å². The van der Waals surface area contributed by atoms with Gasteiger partial charge >= 0.3 is 6.03 Å². The van der Waals surface area contributed by atoms with Gasteiger partial charge in [0.1, 0.15) is 0 Å². The third-order valence-electron chi connectivity index (χ3n) is 2.51. The lowest BCUT2D eigenvalue weighted by Gasteiger charge is -2.11. The largest absolute Gasteiger partial charge is 0.338 e. The molecule has 0 aliphatic carbocycles. The van der Waals surface area contributed by atoms with Crippen molar-refractivity contribution in [2.45, 2.75) is 6.92 Å². The summed E-state index contributed by atoms with van der Waals surface area (Å²) in [7, 11) is 0. The van der Waals surface area contributed by atoms with Crippen LogP contribution in [-0.4, -0.2) is 18.5 Å². The lowest BCUT2D eigenvalue weighted by atomic mass is 10.2. The van der Waals surface area contributed by atoms with Crippen molar-refractivity contribution in [3.05, 3.63) is 46.7 Å². The van der Waals surface area contributed by atoms with Gasteiger partial charge in [0.05, 0.1) is 16.3 Å². The van der Waals surface area contributed by atoms with Crippen molar-refractivity contribution in [2.75, 3.05) is 17.2 Å². The average molecular weight is 289 g/mol. The van der Waals surface area contributed by atoms with E-state index in [1.165, 1.54) is 11.3 Å². The van der Waals surface area contributed by atoms with Crippen molar-refractivity contribution in [3.63, 3.8) is 0 Å². The quantitative estimate of drug-likeness (QED) is 0.809. The molecule has 0 radical (unpaired) electrons. The molecule has 0 aliphatic rings. The summed E-state index contributed by atoms with van der Waals surface area (Å²) in [5.74, 6) is -0.190. The van der Waals surface area contributed by atoms with E-state index in [1.54, 1.807) is 30.3 Å². The molecular formula is C14H15N3O2S. The first-order valence-corrected chi connectivity index (χ1v) is 7.07. The topological polar surface area (TPSA) is 70.2 Å². The number of hydrogen-bond donors (Lipinski definition) is 3. The van der Waals surface area contributed by atoms with Crippen LogP contribution in [0.15, 0.2) is 41.8 Å². The number of anilines is 2. The molecule has 1 aromatic heterocycles. The van der Waals surface area contributed by atoms with Gasteiger partial charge in [-0.1, -0.05) is 18.2 Å². The van der Waals surface area contributed by atoms with Gasteiger partial charge in [-0.05, 0) is 30.5 Å². The van der Waals surface area contributed by atoms with Crippen molar-refractivity contribution in [1.29, 1.82) is 0 Å². The molecule has 1 heterocycles. The van der Waals surface area contributed by atoms with Crippen LogP contribution >= 0.6 is 11.3 Å². The van der Waals surface area contributed by atoms with E-state index < -0.39 is 0 Å². The van der Waals surface area contributed by atoms with E-state index in [9.17, 15) is 9.59 Å². The van der Waals surface area contributed by atoms with Crippen molar-refractivity contribution >= 4 is 34.6 Å². The molecule has 0 fully saturated rings. The maximum atomic E-state index is 12.0. The van der Waals surface area contributed by atoms with Crippen LogP contribution < -0.4 is 16.0 Å². The van der Waals surface area contributed by atoms with Crippen LogP contribution in [0.1, 0.15) is 16.6 Å². The molecule has 0 spiro atoms. The minimum absolute atomic E-state index is 0.190. The molecule has 2 rings (SSSR count). The number of rotatable bonds is 4. The molecule has 6 heteroatoms. The summed E-state index contributed by atoms with van der Waals surface area (Å²) in [6, 6.07) is 10.3. The Morgan fingerprint density at radius 2 is 1.75 bits per heavy atom. The number of carbonyl (C=O) groups is 2. The molecule has 1 aromatic carbocycles. The first kappa shape index (κ1) is 14.1. The van der Waals surface area contributed by atoms with Gasteiger partial charge < -0.3 is 16.0 Å². The lowest BCUT2D eigenvalue weighted by molar-refractivity contribution is 0.103. The maximum Gasteiger partial charge on any atom is 0.319 e. The van der Waals surface area contributed by atoms with E-state index in [-0.39, 0.29) is 11.9 Å². The van der Waals surface area contributed by atoms with Crippen molar-refractivity contribution in [3.8, 4) is 0 Å². The summed E-state index contributed by atoms with van der Waals surface area (Å²) < 4.78 is 0. The molecule has 0 saturated heterocycles. The Morgan fingerprint density at radius 3 is 2.35 bits per heavy atom. The summed E-state index contributed by atoms with van der Waals surface area (Å²) in [5, 5.41) is 9.97. The molecule has 0 atom stereocenters. The standard InChI is InChI=1S/C14H15N3O2S/c1-2-15-14(19)17-11-7-4-3-6-10(11)16-13(18)12-8-5-9-20-12/h3-9H,2H2,1H3,(H,16,18)(H2,15,17,19). The number of carbonyl (C=O) groups excluding carboxylic acids is 2. The summed E-state index contributed by atoms with van der Waals surface area (Å²) in [4.78, 5) is 24.2. The predicted molar refractivity (Wildman–Crippen MR) is 81.4 cm³/mol. The third-order valence-corrected chi connectivity index (χ3v) is 3.37. The van der Waals surface area contributed by atoms with Crippen LogP contribution in [0, 0.1) is 0 Å². The Kier molecular flexibility index (Phi) is 4.73. The van der Waals surface area contributed by atoms with Gasteiger partial charge in [-0.25, -0.2) is 4.79 Å². The second kappa shape index (κ2) is 6.72. The van der Waals surface area contributed by atoms with Gasteiger partial charge in [-0.2, -0.15) is 0 Å². The fourth-order valence-corrected chi connectivity index (χ4v) is 2.24. The highest BCUT2D eigenvalue weighted by Crippen LogP contribution is 2.22. The minimum Gasteiger partial charge on any atom is -0.338 e. The van der Waals surface area contributed by atoms with Gasteiger partial charge in [0.15, 0.2) is 0 Å². The normalized spacial score (nSPS) is 9.85. The van der Waals surface area contributed by atoms with Crippen LogP contribution in [0.4, 0.5) is 16.2 Å². The molecular weight excluding hydrogens is 274 g/mol. The zero-order valence-corrected chi connectivity index (χ0v) is 11.8. The smallest absolute Gasteiger partial charge is 0.319 e. The third kappa shape index (κ3) is 3.58. The van der Waals surface area contributed by atoms with Crippen LogP contribution in [0.5, 0.6) is 0 Å². The molecule has 2 aromatic rings. The fourth-order valence-electron chi connectivity index (χ4n) is 1.62. The number of amides is 3. The van der Waals surface area contributed by atoms with E-state index in [0.717, 1.165) is 0 Å². The monoisotopic (exact) mass is 289 g/mol. The predicted octanol–water partition coefficient (Wildman–Crippen LogP) is 3.14. The average Bonchev–Trinajstić information content (AvgIpc) is 2.95. The molecule has 20 heavy (non-hydrogen) atoms. The van der Waals surface area contributed by atoms with E-state index in [4.69, 9.17) is 0 Å². The van der Waals surface area contributed by atoms with Crippen molar-refractivity contribution in [2.24, 2.45) is 0 Å². The molecule has 0 saturated carbocycles. The molecule has 104 valence electrons. The van der Waals surface area contributed by atoms with E-state index in [1.807, 2.05) is 18.4 Å². The Labute approximate surface area is 121 Å². The van der Waals surface area contributed by atoms with Gasteiger partial charge in [0.2, 0.25) is 0 Å². The summed E-state index contributed by atoms with van der Waals surface area (Å²) >= 11 is 1.37. The molecule has 0 bridgehead atoms. The molecule has 5 nitrogen and oxygen atoms in total. The number of hydrogen-bond acceptors (Lipinski definition) is 3. The number of benzene rings is 1. The Bertz CT molecular complexity index is 596. The highest BCUT2D eigenvalue weighted by molar-refractivity contribution is 7.12. The molecule has 0 aliphatic heterocycles. The van der Waals surface area contributed by atoms with E-state index >= 15 is 0 Å². The fraction of sp³-hybridized carbons (Fsp3) is 0.143.